The lowest BCUT2D eigenvalue weighted by atomic mass is 10.1. The number of methoxy groups -OCH3 is 2. The zero-order chi connectivity index (χ0) is 24.1. The molecule has 176 valence electrons. The molecule has 0 aliphatic carbocycles. The molecule has 0 atom stereocenters. The first-order chi connectivity index (χ1) is 16.5. The molecule has 0 saturated carbocycles. The van der Waals surface area contributed by atoms with Crippen molar-refractivity contribution < 1.29 is 23.7 Å². The molecule has 1 aromatic heterocycles. The molecular formula is C28H29NO5. The molecule has 34 heavy (non-hydrogen) atoms. The molecule has 4 aromatic rings. The van der Waals surface area contributed by atoms with E-state index in [0.29, 0.717) is 18.9 Å². The van der Waals surface area contributed by atoms with Crippen molar-refractivity contribution in [3.63, 3.8) is 0 Å². The molecule has 0 unspecified atom stereocenters. The third-order valence-corrected chi connectivity index (χ3v) is 5.81. The van der Waals surface area contributed by atoms with Gasteiger partial charge in [-0.15, -0.1) is 0 Å². The number of aryl methyl sites for hydroxylation is 1. The van der Waals surface area contributed by atoms with E-state index in [9.17, 15) is 4.79 Å². The molecule has 6 heteroatoms. The van der Waals surface area contributed by atoms with Crippen molar-refractivity contribution in [3.05, 3.63) is 77.9 Å². The molecule has 0 N–H and O–H groups in total. The quantitative estimate of drug-likeness (QED) is 0.304. The smallest absolute Gasteiger partial charge is 0.344 e. The Morgan fingerprint density at radius 2 is 1.50 bits per heavy atom. The first-order valence-electron chi connectivity index (χ1n) is 11.2. The van der Waals surface area contributed by atoms with Gasteiger partial charge in [0.25, 0.3) is 0 Å². The Labute approximate surface area is 199 Å². The van der Waals surface area contributed by atoms with Crippen LogP contribution in [-0.4, -0.2) is 38.0 Å². The van der Waals surface area contributed by atoms with Crippen molar-refractivity contribution in [1.29, 1.82) is 0 Å². The predicted octanol–water partition coefficient (Wildman–Crippen LogP) is 5.62. The van der Waals surface area contributed by atoms with Gasteiger partial charge in [0.05, 0.1) is 26.5 Å². The molecule has 0 radical (unpaired) electrons. The standard InChI is InChI=1S/C28H29NO5/c1-5-33-27(30)18-34-23-10-6-20(7-11-23)17-29-26-15-14-24(32-4)16-25(26)19(2)28(29)21-8-12-22(31-3)13-9-21/h6-16H,5,17-18H2,1-4H3. The van der Waals surface area contributed by atoms with Gasteiger partial charge >= 0.3 is 5.97 Å². The van der Waals surface area contributed by atoms with E-state index < -0.39 is 0 Å². The van der Waals surface area contributed by atoms with E-state index >= 15 is 0 Å². The first kappa shape index (κ1) is 23.2. The fraction of sp³-hybridized carbons (Fsp3) is 0.250. The normalized spacial score (nSPS) is 10.8. The average molecular weight is 460 g/mol. The maximum atomic E-state index is 11.5. The summed E-state index contributed by atoms with van der Waals surface area (Å²) >= 11 is 0. The molecular weight excluding hydrogens is 430 g/mol. The van der Waals surface area contributed by atoms with Crippen LogP contribution >= 0.6 is 0 Å². The number of rotatable bonds is 9. The van der Waals surface area contributed by atoms with Crippen molar-refractivity contribution in [2.75, 3.05) is 27.4 Å². The van der Waals surface area contributed by atoms with Gasteiger partial charge in [0.2, 0.25) is 0 Å². The second-order valence-electron chi connectivity index (χ2n) is 7.91. The summed E-state index contributed by atoms with van der Waals surface area (Å²) in [6.45, 7) is 4.84. The lowest BCUT2D eigenvalue weighted by molar-refractivity contribution is -0.145. The van der Waals surface area contributed by atoms with Crippen LogP contribution in [0.25, 0.3) is 22.2 Å². The van der Waals surface area contributed by atoms with Gasteiger partial charge in [0.15, 0.2) is 6.61 Å². The molecule has 4 rings (SSSR count). The van der Waals surface area contributed by atoms with Crippen molar-refractivity contribution in [1.82, 2.24) is 4.57 Å². The largest absolute Gasteiger partial charge is 0.497 e. The molecule has 0 bridgehead atoms. The van der Waals surface area contributed by atoms with Gasteiger partial charge in [-0.3, -0.25) is 0 Å². The Kier molecular flexibility index (Phi) is 7.07. The molecule has 3 aromatic carbocycles. The van der Waals surface area contributed by atoms with Gasteiger partial charge in [-0.1, -0.05) is 12.1 Å². The maximum Gasteiger partial charge on any atom is 0.344 e. The highest BCUT2D eigenvalue weighted by atomic mass is 16.6. The summed E-state index contributed by atoms with van der Waals surface area (Å²) in [5.74, 6) is 1.91. The van der Waals surface area contributed by atoms with Crippen LogP contribution in [0.5, 0.6) is 17.2 Å². The SMILES string of the molecule is CCOC(=O)COc1ccc(Cn2c(-c3ccc(OC)cc3)c(C)c3cc(OC)ccc32)cc1. The number of benzene rings is 3. The van der Waals surface area contributed by atoms with E-state index in [0.717, 1.165) is 39.2 Å². The molecule has 0 aliphatic heterocycles. The van der Waals surface area contributed by atoms with E-state index in [1.807, 2.05) is 42.5 Å². The summed E-state index contributed by atoms with van der Waals surface area (Å²) in [6, 6.07) is 22.1. The van der Waals surface area contributed by atoms with Crippen molar-refractivity contribution in [3.8, 4) is 28.5 Å². The Balaban J connectivity index is 1.68. The van der Waals surface area contributed by atoms with Crippen LogP contribution < -0.4 is 14.2 Å². The molecule has 6 nitrogen and oxygen atoms in total. The summed E-state index contributed by atoms with van der Waals surface area (Å²) < 4.78 is 23.6. The zero-order valence-corrected chi connectivity index (χ0v) is 20.0. The fourth-order valence-corrected chi connectivity index (χ4v) is 4.13. The van der Waals surface area contributed by atoms with E-state index in [-0.39, 0.29) is 12.6 Å². The number of ether oxygens (including phenoxy) is 4. The lowest BCUT2D eigenvalue weighted by Crippen LogP contribution is -2.14. The van der Waals surface area contributed by atoms with Gasteiger partial charge in [0.1, 0.15) is 17.2 Å². The van der Waals surface area contributed by atoms with E-state index in [1.165, 1.54) is 5.56 Å². The number of hydrogen-bond donors (Lipinski definition) is 0. The van der Waals surface area contributed by atoms with E-state index in [4.69, 9.17) is 18.9 Å². The van der Waals surface area contributed by atoms with Crippen molar-refractivity contribution in [2.24, 2.45) is 0 Å². The number of nitrogens with zero attached hydrogens (tertiary/aromatic N) is 1. The third-order valence-electron chi connectivity index (χ3n) is 5.81. The van der Waals surface area contributed by atoms with Gasteiger partial charge in [-0.2, -0.15) is 0 Å². The van der Waals surface area contributed by atoms with Crippen LogP contribution in [0.4, 0.5) is 0 Å². The topological polar surface area (TPSA) is 58.9 Å². The van der Waals surface area contributed by atoms with Crippen LogP contribution in [0, 0.1) is 6.92 Å². The molecule has 1 heterocycles. The molecule has 0 saturated heterocycles. The first-order valence-corrected chi connectivity index (χ1v) is 11.2. The van der Waals surface area contributed by atoms with Crippen LogP contribution in [0.2, 0.25) is 0 Å². The van der Waals surface area contributed by atoms with Gasteiger partial charge in [0, 0.05) is 17.4 Å². The van der Waals surface area contributed by atoms with Crippen LogP contribution in [0.15, 0.2) is 66.7 Å². The number of hydrogen-bond acceptors (Lipinski definition) is 5. The number of carbonyl (C=O) groups excluding carboxylic acids is 1. The maximum absolute atomic E-state index is 11.5. The molecule has 0 spiro atoms. The summed E-state index contributed by atoms with van der Waals surface area (Å²) in [5.41, 5.74) is 5.70. The second-order valence-corrected chi connectivity index (χ2v) is 7.91. The van der Waals surface area contributed by atoms with Crippen LogP contribution in [0.3, 0.4) is 0 Å². The lowest BCUT2D eigenvalue weighted by Gasteiger charge is -2.13. The van der Waals surface area contributed by atoms with E-state index in [2.05, 4.69) is 35.8 Å². The summed E-state index contributed by atoms with van der Waals surface area (Å²) in [6.07, 6.45) is 0. The number of aromatic nitrogens is 1. The minimum absolute atomic E-state index is 0.0991. The molecule has 0 fully saturated rings. The second kappa shape index (κ2) is 10.3. The third kappa shape index (κ3) is 4.86. The number of esters is 1. The minimum Gasteiger partial charge on any atom is -0.497 e. The van der Waals surface area contributed by atoms with E-state index in [1.54, 1.807) is 21.1 Å². The number of fused-ring (bicyclic) bond motifs is 1. The van der Waals surface area contributed by atoms with Crippen molar-refractivity contribution in [2.45, 2.75) is 20.4 Å². The molecule has 0 aliphatic rings. The van der Waals surface area contributed by atoms with Crippen molar-refractivity contribution >= 4 is 16.9 Å². The Morgan fingerprint density at radius 1 is 0.853 bits per heavy atom. The predicted molar refractivity (Wildman–Crippen MR) is 133 cm³/mol. The van der Waals surface area contributed by atoms with Gasteiger partial charge in [-0.05, 0) is 85.1 Å². The average Bonchev–Trinajstić information content (AvgIpc) is 3.14. The summed E-state index contributed by atoms with van der Waals surface area (Å²) in [5, 5.41) is 1.15. The van der Waals surface area contributed by atoms with Gasteiger partial charge < -0.3 is 23.5 Å². The zero-order valence-electron chi connectivity index (χ0n) is 20.0. The van der Waals surface area contributed by atoms with Gasteiger partial charge in [-0.25, -0.2) is 4.79 Å². The highest BCUT2D eigenvalue weighted by Gasteiger charge is 2.17. The highest BCUT2D eigenvalue weighted by molar-refractivity contribution is 5.92. The monoisotopic (exact) mass is 459 g/mol. The number of carbonyl (C=O) groups is 1. The Hall–Kier alpha value is -3.93. The molecule has 0 amide bonds. The Morgan fingerprint density at radius 3 is 2.15 bits per heavy atom. The van der Waals surface area contributed by atoms with Crippen LogP contribution in [0.1, 0.15) is 18.1 Å². The fourth-order valence-electron chi connectivity index (χ4n) is 4.13. The minimum atomic E-state index is -0.375. The van der Waals surface area contributed by atoms with Crippen LogP contribution in [-0.2, 0) is 16.1 Å². The summed E-state index contributed by atoms with van der Waals surface area (Å²) in [4.78, 5) is 11.5. The summed E-state index contributed by atoms with van der Waals surface area (Å²) in [7, 11) is 3.35. The Bertz CT molecular complexity index is 1270. The highest BCUT2D eigenvalue weighted by Crippen LogP contribution is 2.36.